The summed E-state index contributed by atoms with van der Waals surface area (Å²) in [5, 5.41) is 2.04. The largest absolute Gasteiger partial charge is 0.332 e. The summed E-state index contributed by atoms with van der Waals surface area (Å²) < 4.78 is 39.9. The van der Waals surface area contributed by atoms with Crippen LogP contribution in [0.4, 0.5) is 29.3 Å². The molecule has 6 nitrogen and oxygen atoms in total. The zero-order valence-corrected chi connectivity index (χ0v) is 15.0. The van der Waals surface area contributed by atoms with E-state index in [0.717, 1.165) is 16.5 Å². The van der Waals surface area contributed by atoms with E-state index in [0.29, 0.717) is 11.8 Å². The standard InChI is InChI=1S/C19H16F3N3O3/c1-10-3-5-12(6-4-10)25-11(2)18(27)24(19(25)28)9-15(26)23-14-8-7-13(20)16(21)17(14)22/h3-8,11H,9H2,1-2H3,(H,23,26). The molecule has 1 aliphatic heterocycles. The van der Waals surface area contributed by atoms with Gasteiger partial charge in [-0.15, -0.1) is 0 Å². The van der Waals surface area contributed by atoms with Crippen LogP contribution in [0.5, 0.6) is 0 Å². The van der Waals surface area contributed by atoms with Crippen LogP contribution in [-0.2, 0) is 9.59 Å². The maximum absolute atomic E-state index is 13.7. The first-order chi connectivity index (χ1) is 13.2. The van der Waals surface area contributed by atoms with Crippen LogP contribution in [0.1, 0.15) is 12.5 Å². The van der Waals surface area contributed by atoms with Crippen molar-refractivity contribution in [2.24, 2.45) is 0 Å². The number of anilines is 2. The summed E-state index contributed by atoms with van der Waals surface area (Å²) in [6, 6.07) is 6.88. The minimum Gasteiger partial charge on any atom is -0.322 e. The van der Waals surface area contributed by atoms with E-state index in [9.17, 15) is 27.6 Å². The molecule has 0 aromatic heterocycles. The van der Waals surface area contributed by atoms with Gasteiger partial charge in [0.1, 0.15) is 12.6 Å². The third-order valence-corrected chi connectivity index (χ3v) is 4.37. The van der Waals surface area contributed by atoms with Crippen molar-refractivity contribution < 1.29 is 27.6 Å². The van der Waals surface area contributed by atoms with Gasteiger partial charge in [0.25, 0.3) is 5.91 Å². The highest BCUT2D eigenvalue weighted by Gasteiger charge is 2.44. The van der Waals surface area contributed by atoms with Crippen LogP contribution < -0.4 is 10.2 Å². The average molecular weight is 391 g/mol. The van der Waals surface area contributed by atoms with Gasteiger partial charge in [0.2, 0.25) is 5.91 Å². The molecule has 146 valence electrons. The van der Waals surface area contributed by atoms with Crippen molar-refractivity contribution in [2.45, 2.75) is 19.9 Å². The van der Waals surface area contributed by atoms with Crippen molar-refractivity contribution in [3.05, 3.63) is 59.4 Å². The van der Waals surface area contributed by atoms with E-state index in [1.807, 2.05) is 12.2 Å². The molecule has 1 heterocycles. The minimum absolute atomic E-state index is 0.492. The van der Waals surface area contributed by atoms with Crippen molar-refractivity contribution in [1.29, 1.82) is 0 Å². The summed E-state index contributed by atoms with van der Waals surface area (Å²) >= 11 is 0. The Hall–Kier alpha value is -3.36. The molecule has 4 amide bonds. The van der Waals surface area contributed by atoms with E-state index in [1.165, 1.54) is 11.8 Å². The fraction of sp³-hybridized carbons (Fsp3) is 0.211. The van der Waals surface area contributed by atoms with Gasteiger partial charge in [-0.05, 0) is 38.1 Å². The molecule has 1 fully saturated rings. The first-order valence-corrected chi connectivity index (χ1v) is 8.35. The summed E-state index contributed by atoms with van der Waals surface area (Å²) in [6.45, 7) is 2.70. The van der Waals surface area contributed by atoms with Gasteiger partial charge in [0.05, 0.1) is 5.69 Å². The predicted molar refractivity (Wildman–Crippen MR) is 95.2 cm³/mol. The van der Waals surface area contributed by atoms with Gasteiger partial charge in [0.15, 0.2) is 17.5 Å². The Morgan fingerprint density at radius 1 is 1.04 bits per heavy atom. The highest BCUT2D eigenvalue weighted by atomic mass is 19.2. The molecule has 0 bridgehead atoms. The Kier molecular flexibility index (Phi) is 5.08. The summed E-state index contributed by atoms with van der Waals surface area (Å²) in [6.07, 6.45) is 0. The first-order valence-electron chi connectivity index (χ1n) is 8.35. The van der Waals surface area contributed by atoms with E-state index in [4.69, 9.17) is 0 Å². The van der Waals surface area contributed by atoms with Crippen LogP contribution in [0.3, 0.4) is 0 Å². The maximum Gasteiger partial charge on any atom is 0.332 e. The van der Waals surface area contributed by atoms with E-state index < -0.39 is 53.6 Å². The molecule has 0 aliphatic carbocycles. The molecule has 0 spiro atoms. The predicted octanol–water partition coefficient (Wildman–Crippen LogP) is 3.21. The second-order valence-corrected chi connectivity index (χ2v) is 6.36. The van der Waals surface area contributed by atoms with Crippen molar-refractivity contribution in [2.75, 3.05) is 16.8 Å². The third kappa shape index (κ3) is 3.42. The van der Waals surface area contributed by atoms with E-state index in [-0.39, 0.29) is 0 Å². The van der Waals surface area contributed by atoms with E-state index in [1.54, 1.807) is 24.3 Å². The van der Waals surface area contributed by atoms with Gasteiger partial charge in [-0.1, -0.05) is 17.7 Å². The summed E-state index contributed by atoms with van der Waals surface area (Å²) in [5.41, 5.74) is 0.872. The van der Waals surface area contributed by atoms with Crippen molar-refractivity contribution in [3.63, 3.8) is 0 Å². The molecule has 1 N–H and O–H groups in total. The maximum atomic E-state index is 13.7. The zero-order valence-electron chi connectivity index (χ0n) is 15.0. The fourth-order valence-electron chi connectivity index (χ4n) is 2.87. The Morgan fingerprint density at radius 3 is 2.32 bits per heavy atom. The smallest absolute Gasteiger partial charge is 0.322 e. The molecule has 9 heteroatoms. The molecule has 1 aliphatic rings. The number of urea groups is 1. The van der Waals surface area contributed by atoms with Gasteiger partial charge in [-0.2, -0.15) is 0 Å². The number of carbonyl (C=O) groups excluding carboxylic acids is 3. The number of nitrogens with zero attached hydrogens (tertiary/aromatic N) is 2. The lowest BCUT2D eigenvalue weighted by atomic mass is 10.2. The van der Waals surface area contributed by atoms with Crippen molar-refractivity contribution in [1.82, 2.24) is 4.90 Å². The number of hydrogen-bond donors (Lipinski definition) is 1. The van der Waals surface area contributed by atoms with Crippen LogP contribution in [-0.4, -0.2) is 35.3 Å². The normalized spacial score (nSPS) is 16.7. The van der Waals surface area contributed by atoms with Gasteiger partial charge in [-0.3, -0.25) is 19.4 Å². The second kappa shape index (κ2) is 7.34. The number of hydrogen-bond acceptors (Lipinski definition) is 3. The SMILES string of the molecule is Cc1ccc(N2C(=O)N(CC(=O)Nc3ccc(F)c(F)c3F)C(=O)C2C)cc1. The summed E-state index contributed by atoms with van der Waals surface area (Å²) in [7, 11) is 0. The number of benzene rings is 2. The fourth-order valence-corrected chi connectivity index (χ4v) is 2.87. The molecule has 1 saturated heterocycles. The number of carbonyl (C=O) groups is 3. The van der Waals surface area contributed by atoms with Crippen LogP contribution in [0.2, 0.25) is 0 Å². The molecule has 3 rings (SSSR count). The Bertz CT molecular complexity index is 963. The lowest BCUT2D eigenvalue weighted by molar-refractivity contribution is -0.130. The van der Waals surface area contributed by atoms with Gasteiger partial charge >= 0.3 is 6.03 Å². The Balaban J connectivity index is 1.76. The molecule has 2 aromatic carbocycles. The highest BCUT2D eigenvalue weighted by Crippen LogP contribution is 2.26. The van der Waals surface area contributed by atoms with E-state index in [2.05, 4.69) is 0 Å². The molecule has 1 unspecified atom stereocenters. The van der Waals surface area contributed by atoms with Crippen LogP contribution >= 0.6 is 0 Å². The lowest BCUT2D eigenvalue weighted by Gasteiger charge is -2.19. The number of halogens is 3. The van der Waals surface area contributed by atoms with Crippen LogP contribution in [0, 0.1) is 24.4 Å². The molecular weight excluding hydrogens is 375 g/mol. The summed E-state index contributed by atoms with van der Waals surface area (Å²) in [5.74, 6) is -6.23. The van der Waals surface area contributed by atoms with Gasteiger partial charge < -0.3 is 5.32 Å². The summed E-state index contributed by atoms with van der Waals surface area (Å²) in [4.78, 5) is 39.2. The molecule has 2 aromatic rings. The van der Waals surface area contributed by atoms with Gasteiger partial charge in [-0.25, -0.2) is 18.0 Å². The lowest BCUT2D eigenvalue weighted by Crippen LogP contribution is -2.39. The average Bonchev–Trinajstić information content (AvgIpc) is 2.86. The quantitative estimate of drug-likeness (QED) is 0.643. The highest BCUT2D eigenvalue weighted by molar-refractivity contribution is 6.16. The Labute approximate surface area is 158 Å². The number of rotatable bonds is 4. The van der Waals surface area contributed by atoms with Crippen LogP contribution in [0.25, 0.3) is 0 Å². The zero-order chi connectivity index (χ0) is 20.6. The number of nitrogens with one attached hydrogen (secondary N) is 1. The third-order valence-electron chi connectivity index (χ3n) is 4.37. The van der Waals surface area contributed by atoms with Crippen molar-refractivity contribution >= 4 is 29.2 Å². The van der Waals surface area contributed by atoms with Gasteiger partial charge in [0, 0.05) is 5.69 Å². The molecule has 28 heavy (non-hydrogen) atoms. The molecular formula is C19H16F3N3O3. The van der Waals surface area contributed by atoms with Crippen molar-refractivity contribution in [3.8, 4) is 0 Å². The molecule has 0 saturated carbocycles. The molecule has 1 atom stereocenters. The number of aryl methyl sites for hydroxylation is 1. The first kappa shape index (κ1) is 19.4. The number of amides is 4. The second-order valence-electron chi connectivity index (χ2n) is 6.36. The minimum atomic E-state index is -1.73. The number of imide groups is 1. The van der Waals surface area contributed by atoms with E-state index >= 15 is 0 Å². The molecule has 0 radical (unpaired) electrons. The van der Waals surface area contributed by atoms with Crippen LogP contribution in [0.15, 0.2) is 36.4 Å². The monoisotopic (exact) mass is 391 g/mol. The topological polar surface area (TPSA) is 69.7 Å². The Morgan fingerprint density at radius 2 is 1.68 bits per heavy atom.